The molecule has 0 aliphatic rings. The molecule has 0 aliphatic carbocycles. The topological polar surface area (TPSA) is 24.9 Å². The van der Waals surface area contributed by atoms with Crippen LogP contribution in [-0.4, -0.2) is 11.5 Å². The van der Waals surface area contributed by atoms with Crippen molar-refractivity contribution in [3.05, 3.63) is 49.6 Å². The molecule has 20 heavy (non-hydrogen) atoms. The molecular formula is C15H18BrFN2S. The van der Waals surface area contributed by atoms with E-state index >= 15 is 0 Å². The van der Waals surface area contributed by atoms with Crippen LogP contribution in [0.2, 0.25) is 0 Å². The van der Waals surface area contributed by atoms with Crippen molar-refractivity contribution in [1.82, 2.24) is 10.3 Å². The van der Waals surface area contributed by atoms with Crippen molar-refractivity contribution in [2.45, 2.75) is 33.2 Å². The fourth-order valence-electron chi connectivity index (χ4n) is 2.17. The van der Waals surface area contributed by atoms with Crippen molar-refractivity contribution in [3.8, 4) is 0 Å². The Labute approximate surface area is 131 Å². The molecule has 2 rings (SSSR count). The predicted octanol–water partition coefficient (Wildman–Crippen LogP) is 4.61. The Bertz CT molecular complexity index is 598. The molecule has 0 fully saturated rings. The summed E-state index contributed by atoms with van der Waals surface area (Å²) < 4.78 is 14.4. The van der Waals surface area contributed by atoms with E-state index in [1.165, 1.54) is 10.9 Å². The van der Waals surface area contributed by atoms with Gasteiger partial charge in [-0.05, 0) is 43.7 Å². The Balaban J connectivity index is 2.46. The molecular weight excluding hydrogens is 339 g/mol. The van der Waals surface area contributed by atoms with E-state index in [-0.39, 0.29) is 11.9 Å². The molecule has 0 aliphatic heterocycles. The van der Waals surface area contributed by atoms with Crippen molar-refractivity contribution in [2.75, 3.05) is 6.54 Å². The molecule has 1 N–H and O–H groups in total. The highest BCUT2D eigenvalue weighted by Crippen LogP contribution is 2.32. The zero-order valence-electron chi connectivity index (χ0n) is 11.8. The highest BCUT2D eigenvalue weighted by molar-refractivity contribution is 9.10. The molecule has 1 aromatic carbocycles. The number of halogens is 2. The summed E-state index contributed by atoms with van der Waals surface area (Å²) in [5.41, 5.74) is 2.02. The fraction of sp³-hybridized carbons (Fsp3) is 0.400. The first-order valence-electron chi connectivity index (χ1n) is 6.71. The van der Waals surface area contributed by atoms with Crippen molar-refractivity contribution in [3.63, 3.8) is 0 Å². The van der Waals surface area contributed by atoms with E-state index in [1.807, 2.05) is 6.92 Å². The highest BCUT2D eigenvalue weighted by atomic mass is 79.9. The Hall–Kier alpha value is -0.780. The van der Waals surface area contributed by atoms with Gasteiger partial charge in [-0.3, -0.25) is 0 Å². The van der Waals surface area contributed by atoms with Crippen LogP contribution in [0, 0.1) is 12.7 Å². The highest BCUT2D eigenvalue weighted by Gasteiger charge is 2.21. The summed E-state index contributed by atoms with van der Waals surface area (Å²) >= 11 is 5.19. The van der Waals surface area contributed by atoms with Crippen LogP contribution in [0.4, 0.5) is 4.39 Å². The largest absolute Gasteiger partial charge is 0.305 e. The van der Waals surface area contributed by atoms with Gasteiger partial charge in [0, 0.05) is 9.35 Å². The smallest absolute Gasteiger partial charge is 0.123 e. The van der Waals surface area contributed by atoms with Crippen LogP contribution in [0.5, 0.6) is 0 Å². The normalized spacial score (nSPS) is 12.7. The van der Waals surface area contributed by atoms with Gasteiger partial charge in [-0.1, -0.05) is 29.8 Å². The lowest BCUT2D eigenvalue weighted by molar-refractivity contribution is 0.599. The van der Waals surface area contributed by atoms with Crippen molar-refractivity contribution in [2.24, 2.45) is 0 Å². The molecule has 1 atom stereocenters. The average Bonchev–Trinajstić information content (AvgIpc) is 2.80. The third-order valence-corrected chi connectivity index (χ3v) is 4.97. The summed E-state index contributed by atoms with van der Waals surface area (Å²) in [6.45, 7) is 7.03. The number of aryl methyl sites for hydroxylation is 2. The maximum Gasteiger partial charge on any atom is 0.123 e. The van der Waals surface area contributed by atoms with Gasteiger partial charge in [-0.15, -0.1) is 11.3 Å². The fourth-order valence-corrected chi connectivity index (χ4v) is 3.75. The molecule has 0 radical (unpaired) electrons. The van der Waals surface area contributed by atoms with E-state index in [2.05, 4.69) is 35.1 Å². The molecule has 0 spiro atoms. The first-order valence-corrected chi connectivity index (χ1v) is 8.32. The van der Waals surface area contributed by atoms with Gasteiger partial charge in [-0.25, -0.2) is 9.37 Å². The second kappa shape index (κ2) is 6.78. The quantitative estimate of drug-likeness (QED) is 0.845. The number of hydrogen-bond acceptors (Lipinski definition) is 3. The third-order valence-electron chi connectivity index (χ3n) is 3.17. The molecule has 0 saturated heterocycles. The minimum atomic E-state index is -0.227. The molecule has 1 aromatic heterocycles. The van der Waals surface area contributed by atoms with Gasteiger partial charge in [0.05, 0.1) is 11.7 Å². The number of nitrogens with zero attached hydrogens (tertiary/aromatic N) is 1. The number of nitrogens with one attached hydrogen (secondary N) is 1. The van der Waals surface area contributed by atoms with Crippen LogP contribution in [0.25, 0.3) is 0 Å². The first-order chi connectivity index (χ1) is 9.56. The predicted molar refractivity (Wildman–Crippen MR) is 85.8 cm³/mol. The van der Waals surface area contributed by atoms with Crippen LogP contribution in [0.3, 0.4) is 0 Å². The van der Waals surface area contributed by atoms with Crippen LogP contribution in [0.1, 0.15) is 41.0 Å². The van der Waals surface area contributed by atoms with Gasteiger partial charge in [0.25, 0.3) is 0 Å². The average molecular weight is 357 g/mol. The zero-order chi connectivity index (χ0) is 14.7. The standard InChI is InChI=1S/C15H18BrFN2S/c1-4-13-9(3)20-15(19-13)14(18-5-2)11-8-10(17)6-7-12(11)16/h6-8,14,18H,4-5H2,1-3H3. The molecule has 0 amide bonds. The van der Waals surface area contributed by atoms with Crippen LogP contribution >= 0.6 is 27.3 Å². The lowest BCUT2D eigenvalue weighted by atomic mass is 10.1. The van der Waals surface area contributed by atoms with Crippen molar-refractivity contribution < 1.29 is 4.39 Å². The lowest BCUT2D eigenvalue weighted by Crippen LogP contribution is -2.22. The first kappa shape index (κ1) is 15.6. The van der Waals surface area contributed by atoms with Gasteiger partial charge < -0.3 is 5.32 Å². The Morgan fingerprint density at radius 3 is 2.75 bits per heavy atom. The van der Waals surface area contributed by atoms with Crippen molar-refractivity contribution >= 4 is 27.3 Å². The van der Waals surface area contributed by atoms with E-state index < -0.39 is 0 Å². The molecule has 108 valence electrons. The van der Waals surface area contributed by atoms with E-state index in [0.717, 1.165) is 33.7 Å². The van der Waals surface area contributed by atoms with Gasteiger partial charge in [-0.2, -0.15) is 0 Å². The minimum absolute atomic E-state index is 0.0749. The van der Waals surface area contributed by atoms with Crippen LogP contribution in [-0.2, 0) is 6.42 Å². The Morgan fingerprint density at radius 1 is 1.40 bits per heavy atom. The Morgan fingerprint density at radius 2 is 2.15 bits per heavy atom. The summed E-state index contributed by atoms with van der Waals surface area (Å²) in [7, 11) is 0. The number of rotatable bonds is 5. The number of benzene rings is 1. The maximum atomic E-state index is 13.5. The lowest BCUT2D eigenvalue weighted by Gasteiger charge is -2.17. The molecule has 0 saturated carbocycles. The molecule has 1 unspecified atom stereocenters. The summed E-state index contributed by atoms with van der Waals surface area (Å²) in [4.78, 5) is 5.94. The van der Waals surface area contributed by atoms with Crippen LogP contribution in [0.15, 0.2) is 22.7 Å². The minimum Gasteiger partial charge on any atom is -0.305 e. The molecule has 5 heteroatoms. The SMILES string of the molecule is CCNC(c1nc(CC)c(C)s1)c1cc(F)ccc1Br. The third kappa shape index (κ3) is 3.27. The number of hydrogen-bond donors (Lipinski definition) is 1. The summed E-state index contributed by atoms with van der Waals surface area (Å²) in [5, 5.41) is 4.39. The van der Waals surface area contributed by atoms with Crippen molar-refractivity contribution in [1.29, 1.82) is 0 Å². The summed E-state index contributed by atoms with van der Waals surface area (Å²) in [5.74, 6) is -0.227. The van der Waals surface area contributed by atoms with E-state index in [9.17, 15) is 4.39 Å². The van der Waals surface area contributed by atoms with Gasteiger partial charge in [0.15, 0.2) is 0 Å². The number of thiazole rings is 1. The van der Waals surface area contributed by atoms with E-state index in [1.54, 1.807) is 23.5 Å². The zero-order valence-corrected chi connectivity index (χ0v) is 14.2. The summed E-state index contributed by atoms with van der Waals surface area (Å²) in [6, 6.07) is 4.70. The number of aromatic nitrogens is 1. The molecule has 2 nitrogen and oxygen atoms in total. The van der Waals surface area contributed by atoms with Crippen LogP contribution < -0.4 is 5.32 Å². The maximum absolute atomic E-state index is 13.5. The Kier molecular flexibility index (Phi) is 5.29. The van der Waals surface area contributed by atoms with Gasteiger partial charge in [0.1, 0.15) is 10.8 Å². The second-order valence-electron chi connectivity index (χ2n) is 4.57. The molecule has 2 aromatic rings. The van der Waals surface area contributed by atoms with Gasteiger partial charge >= 0.3 is 0 Å². The monoisotopic (exact) mass is 356 g/mol. The molecule has 0 bridgehead atoms. The second-order valence-corrected chi connectivity index (χ2v) is 6.65. The summed E-state index contributed by atoms with van der Waals surface area (Å²) in [6.07, 6.45) is 0.922. The van der Waals surface area contributed by atoms with E-state index in [4.69, 9.17) is 4.98 Å². The van der Waals surface area contributed by atoms with E-state index in [0.29, 0.717) is 0 Å². The molecule has 1 heterocycles. The van der Waals surface area contributed by atoms with Gasteiger partial charge in [0.2, 0.25) is 0 Å².